The molecule has 1 fully saturated rings. The molecule has 0 saturated heterocycles. The van der Waals surface area contributed by atoms with Gasteiger partial charge in [-0.3, -0.25) is 0 Å². The molecule has 1 aromatic rings. The highest BCUT2D eigenvalue weighted by Crippen LogP contribution is 2.48. The van der Waals surface area contributed by atoms with Crippen molar-refractivity contribution in [3.05, 3.63) is 34.1 Å². The van der Waals surface area contributed by atoms with Crippen molar-refractivity contribution >= 4 is 15.9 Å². The Morgan fingerprint density at radius 2 is 2.14 bits per heavy atom. The summed E-state index contributed by atoms with van der Waals surface area (Å²) in [6, 6.07) is 5.18. The van der Waals surface area contributed by atoms with Gasteiger partial charge in [-0.25, -0.2) is 4.39 Å². The fourth-order valence-electron chi connectivity index (χ4n) is 1.72. The van der Waals surface area contributed by atoms with Gasteiger partial charge in [-0.15, -0.1) is 0 Å². The van der Waals surface area contributed by atoms with Crippen molar-refractivity contribution in [2.75, 3.05) is 6.54 Å². The predicted molar refractivity (Wildman–Crippen MR) is 58.5 cm³/mol. The molecule has 0 amide bonds. The average molecular weight is 258 g/mol. The van der Waals surface area contributed by atoms with Crippen molar-refractivity contribution in [2.24, 2.45) is 11.1 Å². The van der Waals surface area contributed by atoms with Gasteiger partial charge in [0.2, 0.25) is 0 Å². The van der Waals surface area contributed by atoms with Crippen LogP contribution < -0.4 is 5.73 Å². The van der Waals surface area contributed by atoms with Crippen molar-refractivity contribution in [2.45, 2.75) is 19.3 Å². The van der Waals surface area contributed by atoms with Crippen molar-refractivity contribution < 1.29 is 4.39 Å². The topological polar surface area (TPSA) is 26.0 Å². The van der Waals surface area contributed by atoms with E-state index in [4.69, 9.17) is 5.73 Å². The van der Waals surface area contributed by atoms with Crippen LogP contribution in [0.25, 0.3) is 0 Å². The lowest BCUT2D eigenvalue weighted by Gasteiger charge is -2.13. The number of benzene rings is 1. The zero-order valence-corrected chi connectivity index (χ0v) is 9.48. The molecule has 14 heavy (non-hydrogen) atoms. The van der Waals surface area contributed by atoms with Gasteiger partial charge >= 0.3 is 0 Å². The van der Waals surface area contributed by atoms with Crippen LogP contribution in [0, 0.1) is 11.2 Å². The van der Waals surface area contributed by atoms with Gasteiger partial charge in [0, 0.05) is 0 Å². The molecule has 1 nitrogen and oxygen atoms in total. The summed E-state index contributed by atoms with van der Waals surface area (Å²) in [4.78, 5) is 0. The van der Waals surface area contributed by atoms with Gasteiger partial charge < -0.3 is 5.73 Å². The Morgan fingerprint density at radius 3 is 2.71 bits per heavy atom. The molecule has 76 valence electrons. The van der Waals surface area contributed by atoms with E-state index in [0.717, 1.165) is 12.0 Å². The lowest BCUT2D eigenvalue weighted by molar-refractivity contribution is 0.516. The van der Waals surface area contributed by atoms with Gasteiger partial charge in [0.15, 0.2) is 0 Å². The SMILES string of the molecule is NCC1(Cc2cccc(F)c2Br)CC1. The summed E-state index contributed by atoms with van der Waals surface area (Å²) < 4.78 is 13.8. The highest BCUT2D eigenvalue weighted by molar-refractivity contribution is 9.10. The highest BCUT2D eigenvalue weighted by Gasteiger charge is 2.41. The highest BCUT2D eigenvalue weighted by atomic mass is 79.9. The van der Waals surface area contributed by atoms with Gasteiger partial charge in [0.05, 0.1) is 4.47 Å². The molecule has 1 aliphatic carbocycles. The monoisotopic (exact) mass is 257 g/mol. The van der Waals surface area contributed by atoms with Crippen molar-refractivity contribution in [1.29, 1.82) is 0 Å². The van der Waals surface area contributed by atoms with Crippen molar-refractivity contribution in [3.8, 4) is 0 Å². The Balaban J connectivity index is 2.21. The Hall–Kier alpha value is -0.410. The Kier molecular flexibility index (Phi) is 2.62. The largest absolute Gasteiger partial charge is 0.330 e. The molecule has 1 aromatic carbocycles. The third-order valence-corrected chi connectivity index (χ3v) is 3.88. The van der Waals surface area contributed by atoms with Crippen LogP contribution in [0.5, 0.6) is 0 Å². The van der Waals surface area contributed by atoms with Crippen LogP contribution in [0.15, 0.2) is 22.7 Å². The molecule has 2 N–H and O–H groups in total. The molecule has 2 rings (SSSR count). The van der Waals surface area contributed by atoms with Gasteiger partial charge in [0.1, 0.15) is 5.82 Å². The maximum absolute atomic E-state index is 13.2. The van der Waals surface area contributed by atoms with E-state index in [1.807, 2.05) is 6.07 Å². The maximum Gasteiger partial charge on any atom is 0.137 e. The number of rotatable bonds is 3. The molecule has 0 atom stereocenters. The fraction of sp³-hybridized carbons (Fsp3) is 0.455. The summed E-state index contributed by atoms with van der Waals surface area (Å²) in [6.45, 7) is 0.704. The molecular weight excluding hydrogens is 245 g/mol. The van der Waals surface area contributed by atoms with E-state index in [1.165, 1.54) is 18.9 Å². The number of hydrogen-bond acceptors (Lipinski definition) is 1. The van der Waals surface area contributed by atoms with Crippen LogP contribution in [-0.4, -0.2) is 6.54 Å². The van der Waals surface area contributed by atoms with Crippen LogP contribution in [0.1, 0.15) is 18.4 Å². The molecule has 3 heteroatoms. The van der Waals surface area contributed by atoms with Crippen LogP contribution in [-0.2, 0) is 6.42 Å². The second kappa shape index (κ2) is 3.63. The minimum atomic E-state index is -0.185. The summed E-state index contributed by atoms with van der Waals surface area (Å²) in [6.07, 6.45) is 3.24. The first-order chi connectivity index (χ1) is 6.67. The molecule has 0 aliphatic heterocycles. The first kappa shape index (κ1) is 10.1. The van der Waals surface area contributed by atoms with Crippen LogP contribution >= 0.6 is 15.9 Å². The zero-order valence-electron chi connectivity index (χ0n) is 7.89. The van der Waals surface area contributed by atoms with Gasteiger partial charge in [0.25, 0.3) is 0 Å². The average Bonchev–Trinajstić information content (AvgIpc) is 2.94. The molecule has 0 radical (unpaired) electrons. The third kappa shape index (κ3) is 1.84. The predicted octanol–water partition coefficient (Wildman–Crippen LogP) is 2.87. The van der Waals surface area contributed by atoms with E-state index in [-0.39, 0.29) is 11.2 Å². The number of halogens is 2. The standard InChI is InChI=1S/C11H13BrFN/c12-10-8(2-1-3-9(10)13)6-11(7-14)4-5-11/h1-3H,4-7,14H2. The van der Waals surface area contributed by atoms with Crippen LogP contribution in [0.2, 0.25) is 0 Å². The molecular formula is C11H13BrFN. The van der Waals surface area contributed by atoms with Crippen LogP contribution in [0.3, 0.4) is 0 Å². The van der Waals surface area contributed by atoms with E-state index in [2.05, 4.69) is 15.9 Å². The molecule has 0 bridgehead atoms. The Labute approximate surface area is 91.6 Å². The van der Waals surface area contributed by atoms with E-state index < -0.39 is 0 Å². The van der Waals surface area contributed by atoms with E-state index >= 15 is 0 Å². The lowest BCUT2D eigenvalue weighted by Crippen LogP contribution is -2.18. The molecule has 1 aliphatic rings. The quantitative estimate of drug-likeness (QED) is 0.886. The minimum Gasteiger partial charge on any atom is -0.330 e. The van der Waals surface area contributed by atoms with Gasteiger partial charge in [-0.05, 0) is 58.8 Å². The van der Waals surface area contributed by atoms with Gasteiger partial charge in [-0.2, -0.15) is 0 Å². The zero-order chi connectivity index (χ0) is 10.2. The summed E-state index contributed by atoms with van der Waals surface area (Å²) in [5.41, 5.74) is 6.99. The lowest BCUT2D eigenvalue weighted by atomic mass is 9.97. The molecule has 0 aromatic heterocycles. The molecule has 0 heterocycles. The summed E-state index contributed by atoms with van der Waals surface area (Å²) in [5, 5.41) is 0. The normalized spacial score (nSPS) is 18.2. The van der Waals surface area contributed by atoms with E-state index in [1.54, 1.807) is 6.07 Å². The van der Waals surface area contributed by atoms with E-state index in [0.29, 0.717) is 11.0 Å². The maximum atomic E-state index is 13.2. The summed E-state index contributed by atoms with van der Waals surface area (Å²) in [7, 11) is 0. The summed E-state index contributed by atoms with van der Waals surface area (Å²) in [5.74, 6) is -0.185. The first-order valence-corrected chi connectivity index (χ1v) is 5.59. The second-order valence-corrected chi connectivity index (χ2v) is 4.89. The van der Waals surface area contributed by atoms with E-state index in [9.17, 15) is 4.39 Å². The number of hydrogen-bond donors (Lipinski definition) is 1. The number of nitrogens with two attached hydrogens (primary N) is 1. The summed E-state index contributed by atoms with van der Waals surface area (Å²) >= 11 is 3.27. The minimum absolute atomic E-state index is 0.185. The molecule has 0 spiro atoms. The second-order valence-electron chi connectivity index (χ2n) is 4.09. The Morgan fingerprint density at radius 1 is 1.43 bits per heavy atom. The smallest absolute Gasteiger partial charge is 0.137 e. The van der Waals surface area contributed by atoms with Crippen LogP contribution in [0.4, 0.5) is 4.39 Å². The Bertz CT molecular complexity index is 347. The first-order valence-electron chi connectivity index (χ1n) is 4.80. The van der Waals surface area contributed by atoms with Crippen molar-refractivity contribution in [3.63, 3.8) is 0 Å². The molecule has 1 saturated carbocycles. The van der Waals surface area contributed by atoms with Crippen molar-refractivity contribution in [1.82, 2.24) is 0 Å². The fourth-order valence-corrected chi connectivity index (χ4v) is 2.12. The third-order valence-electron chi connectivity index (χ3n) is 2.99. The molecule has 0 unspecified atom stereocenters. The van der Waals surface area contributed by atoms with Gasteiger partial charge in [-0.1, -0.05) is 12.1 Å².